The van der Waals surface area contributed by atoms with Gasteiger partial charge >= 0.3 is 0 Å². The summed E-state index contributed by atoms with van der Waals surface area (Å²) in [5.74, 6) is 0.342. The molecular weight excluding hydrogens is 622 g/mol. The fraction of sp³-hybridized carbons (Fsp3) is 0.500. The van der Waals surface area contributed by atoms with Gasteiger partial charge in [0.05, 0.1) is 22.1 Å². The van der Waals surface area contributed by atoms with E-state index in [0.29, 0.717) is 49.2 Å². The molecule has 0 radical (unpaired) electrons. The van der Waals surface area contributed by atoms with Crippen molar-refractivity contribution in [3.05, 3.63) is 52.0 Å². The second kappa shape index (κ2) is 12.1. The molecule has 14 heteroatoms. The molecule has 2 heterocycles. The maximum absolute atomic E-state index is 13.1. The number of rotatable bonds is 10. The van der Waals surface area contributed by atoms with Crippen LogP contribution in [-0.4, -0.2) is 83.9 Å². The van der Waals surface area contributed by atoms with Gasteiger partial charge in [-0.1, -0.05) is 33.6 Å². The zero-order valence-corrected chi connectivity index (χ0v) is 24.7. The highest BCUT2D eigenvalue weighted by molar-refractivity contribution is 9.10. The minimum absolute atomic E-state index is 0.0106. The minimum atomic E-state index is -3.72. The first-order valence-corrected chi connectivity index (χ1v) is 16.2. The Morgan fingerprint density at radius 2 is 1.95 bits per heavy atom. The summed E-state index contributed by atoms with van der Waals surface area (Å²) in [6, 6.07) is 10.8. The van der Waals surface area contributed by atoms with Gasteiger partial charge in [-0.3, -0.25) is 0 Å². The van der Waals surface area contributed by atoms with Gasteiger partial charge in [0.1, 0.15) is 23.4 Å². The summed E-state index contributed by atoms with van der Waals surface area (Å²) in [5, 5.41) is 13.9. The molecule has 0 bridgehead atoms. The standard InChI is InChI=1S/C24H31BrClN3O7S2/c1-27-37(31,32)21-4-2-3-20(12-21)35-16-19(30)14-28-18-13-24(36-15-18)7-9-29(10-8-24)38(33,34)23-11-17(25)5-6-22(23)26/h2-6,11-12,18-19,27-28,30H,7-10,13-16H2,1H3. The Kier molecular flexibility index (Phi) is 9.43. The topological polar surface area (TPSA) is 134 Å². The smallest absolute Gasteiger partial charge is 0.244 e. The molecule has 210 valence electrons. The Morgan fingerprint density at radius 3 is 2.66 bits per heavy atom. The molecule has 2 atom stereocenters. The Hall–Kier alpha value is -1.29. The summed E-state index contributed by atoms with van der Waals surface area (Å²) in [7, 11) is -5.98. The normalized spacial score (nSPS) is 21.0. The zero-order valence-electron chi connectivity index (χ0n) is 20.8. The van der Waals surface area contributed by atoms with E-state index in [9.17, 15) is 21.9 Å². The summed E-state index contributed by atoms with van der Waals surface area (Å²) >= 11 is 9.48. The summed E-state index contributed by atoms with van der Waals surface area (Å²) < 4.78 is 66.2. The predicted molar refractivity (Wildman–Crippen MR) is 146 cm³/mol. The van der Waals surface area contributed by atoms with Crippen LogP contribution in [0.25, 0.3) is 0 Å². The van der Waals surface area contributed by atoms with E-state index >= 15 is 0 Å². The van der Waals surface area contributed by atoms with Gasteiger partial charge in [-0.05, 0) is 56.6 Å². The number of aliphatic hydroxyl groups is 1. The number of sulfonamides is 2. The number of hydrogen-bond donors (Lipinski definition) is 3. The van der Waals surface area contributed by atoms with Crippen LogP contribution < -0.4 is 14.8 Å². The van der Waals surface area contributed by atoms with Crippen LogP contribution in [0.3, 0.4) is 0 Å². The molecule has 2 unspecified atom stereocenters. The van der Waals surface area contributed by atoms with Crippen molar-refractivity contribution in [1.29, 1.82) is 0 Å². The Balaban J connectivity index is 1.24. The highest BCUT2D eigenvalue weighted by Crippen LogP contribution is 2.38. The van der Waals surface area contributed by atoms with Gasteiger partial charge in [0, 0.05) is 36.2 Å². The predicted octanol–water partition coefficient (Wildman–Crippen LogP) is 2.35. The van der Waals surface area contributed by atoms with E-state index in [4.69, 9.17) is 21.1 Å². The van der Waals surface area contributed by atoms with Crippen molar-refractivity contribution in [3.63, 3.8) is 0 Å². The molecule has 1 spiro atoms. The molecule has 2 aromatic carbocycles. The lowest BCUT2D eigenvalue weighted by Crippen LogP contribution is -2.47. The summed E-state index contributed by atoms with van der Waals surface area (Å²) in [4.78, 5) is 0.167. The second-order valence-corrected chi connectivity index (χ2v) is 14.5. The number of benzene rings is 2. The molecule has 0 aromatic heterocycles. The van der Waals surface area contributed by atoms with Crippen molar-refractivity contribution in [1.82, 2.24) is 14.3 Å². The third-order valence-electron chi connectivity index (χ3n) is 6.82. The van der Waals surface area contributed by atoms with Crippen LogP contribution in [0.5, 0.6) is 5.75 Å². The van der Waals surface area contributed by atoms with Gasteiger partial charge < -0.3 is 19.9 Å². The van der Waals surface area contributed by atoms with E-state index in [1.807, 2.05) is 0 Å². The molecule has 0 amide bonds. The largest absolute Gasteiger partial charge is 0.491 e. The first kappa shape index (κ1) is 29.7. The Morgan fingerprint density at radius 1 is 1.21 bits per heavy atom. The van der Waals surface area contributed by atoms with E-state index in [1.54, 1.807) is 24.3 Å². The van der Waals surface area contributed by atoms with Gasteiger partial charge in [0.25, 0.3) is 0 Å². The lowest BCUT2D eigenvalue weighted by atomic mass is 9.88. The Bertz CT molecular complexity index is 1350. The quantitative estimate of drug-likeness (QED) is 0.356. The van der Waals surface area contributed by atoms with Crippen molar-refractivity contribution in [2.45, 2.75) is 46.8 Å². The number of aliphatic hydroxyl groups excluding tert-OH is 1. The third-order valence-corrected chi connectivity index (χ3v) is 11.1. The molecule has 0 aliphatic carbocycles. The minimum Gasteiger partial charge on any atom is -0.491 e. The lowest BCUT2D eigenvalue weighted by Gasteiger charge is -2.38. The van der Waals surface area contributed by atoms with Gasteiger partial charge in [0.15, 0.2) is 0 Å². The van der Waals surface area contributed by atoms with Gasteiger partial charge in [0.2, 0.25) is 20.0 Å². The van der Waals surface area contributed by atoms with E-state index < -0.39 is 31.8 Å². The summed E-state index contributed by atoms with van der Waals surface area (Å²) in [5.41, 5.74) is -0.411. The fourth-order valence-electron chi connectivity index (χ4n) is 4.67. The number of halogens is 2. The van der Waals surface area contributed by atoms with Crippen molar-refractivity contribution < 1.29 is 31.4 Å². The first-order valence-electron chi connectivity index (χ1n) is 12.1. The van der Waals surface area contributed by atoms with Gasteiger partial charge in [-0.25, -0.2) is 21.6 Å². The third kappa shape index (κ3) is 6.88. The summed E-state index contributed by atoms with van der Waals surface area (Å²) in [6.07, 6.45) is 1.01. The molecule has 2 saturated heterocycles. The molecule has 2 aliphatic heterocycles. The molecule has 2 aromatic rings. The molecule has 2 fully saturated rings. The highest BCUT2D eigenvalue weighted by Gasteiger charge is 2.45. The van der Waals surface area contributed by atoms with Crippen molar-refractivity contribution in [2.75, 3.05) is 39.9 Å². The maximum atomic E-state index is 13.1. The van der Waals surface area contributed by atoms with Crippen molar-refractivity contribution >= 4 is 47.6 Å². The van der Waals surface area contributed by atoms with Crippen LogP contribution in [-0.2, 0) is 24.8 Å². The number of hydrogen-bond acceptors (Lipinski definition) is 8. The van der Waals surface area contributed by atoms with Crippen LogP contribution >= 0.6 is 27.5 Å². The molecule has 0 saturated carbocycles. The van der Waals surface area contributed by atoms with E-state index in [1.165, 1.54) is 29.6 Å². The first-order chi connectivity index (χ1) is 17.9. The maximum Gasteiger partial charge on any atom is 0.244 e. The van der Waals surface area contributed by atoms with Crippen LogP contribution in [0.4, 0.5) is 0 Å². The fourth-order valence-corrected chi connectivity index (χ4v) is 7.89. The number of nitrogens with one attached hydrogen (secondary N) is 2. The molecular formula is C24H31BrClN3O7S2. The molecule has 10 nitrogen and oxygen atoms in total. The van der Waals surface area contributed by atoms with Crippen LogP contribution in [0.15, 0.2) is 56.7 Å². The average molecular weight is 653 g/mol. The van der Waals surface area contributed by atoms with Crippen LogP contribution in [0.1, 0.15) is 19.3 Å². The number of ether oxygens (including phenoxy) is 2. The van der Waals surface area contributed by atoms with Gasteiger partial charge in [-0.15, -0.1) is 0 Å². The molecule has 2 aliphatic rings. The van der Waals surface area contributed by atoms with Crippen molar-refractivity contribution in [2.24, 2.45) is 0 Å². The van der Waals surface area contributed by atoms with E-state index in [0.717, 1.165) is 0 Å². The monoisotopic (exact) mass is 651 g/mol. The van der Waals surface area contributed by atoms with Gasteiger partial charge in [-0.2, -0.15) is 4.31 Å². The summed E-state index contributed by atoms with van der Waals surface area (Å²) in [6.45, 7) is 1.37. The average Bonchev–Trinajstić information content (AvgIpc) is 3.30. The lowest BCUT2D eigenvalue weighted by molar-refractivity contribution is -0.0312. The second-order valence-electron chi connectivity index (χ2n) is 9.43. The molecule has 3 N–H and O–H groups in total. The molecule has 4 rings (SSSR count). The Labute approximate surface area is 236 Å². The SMILES string of the molecule is CNS(=O)(=O)c1cccc(OCC(O)CNC2COC3(CCN(S(=O)(=O)c4cc(Br)ccc4Cl)CC3)C2)c1. The molecule has 38 heavy (non-hydrogen) atoms. The van der Waals surface area contributed by atoms with E-state index in [-0.39, 0.29) is 34.0 Å². The van der Waals surface area contributed by atoms with Crippen LogP contribution in [0, 0.1) is 0 Å². The van der Waals surface area contributed by atoms with E-state index in [2.05, 4.69) is 26.0 Å². The number of nitrogens with zero attached hydrogens (tertiary/aromatic N) is 1. The highest BCUT2D eigenvalue weighted by atomic mass is 79.9. The zero-order chi connectivity index (χ0) is 27.6. The van der Waals surface area contributed by atoms with Crippen molar-refractivity contribution in [3.8, 4) is 5.75 Å². The van der Waals surface area contributed by atoms with Crippen LogP contribution in [0.2, 0.25) is 5.02 Å². The number of piperidine rings is 1.